The summed E-state index contributed by atoms with van der Waals surface area (Å²) < 4.78 is 10.4. The molecule has 1 aliphatic heterocycles. The van der Waals surface area contributed by atoms with E-state index in [0.29, 0.717) is 12.2 Å². The number of carbonyl (C=O) groups is 1. The first-order valence-electron chi connectivity index (χ1n) is 5.81. The fraction of sp³-hybridized carbons (Fsp3) is 0.462. The van der Waals surface area contributed by atoms with Gasteiger partial charge in [0.15, 0.2) is 0 Å². The zero-order valence-electron chi connectivity index (χ0n) is 9.76. The van der Waals surface area contributed by atoms with Crippen LogP contribution in [0.2, 0.25) is 0 Å². The van der Waals surface area contributed by atoms with Gasteiger partial charge in [-0.25, -0.2) is 0 Å². The first-order chi connectivity index (χ1) is 8.24. The Labute approximate surface area is 100 Å². The van der Waals surface area contributed by atoms with Crippen LogP contribution < -0.4 is 4.74 Å². The largest absolute Gasteiger partial charge is 0.427 e. The molecule has 1 aromatic carbocycles. The van der Waals surface area contributed by atoms with E-state index in [0.717, 1.165) is 12.0 Å². The lowest BCUT2D eigenvalue weighted by Gasteiger charge is -2.03. The Hall–Kier alpha value is -1.39. The van der Waals surface area contributed by atoms with Crippen LogP contribution in [0.5, 0.6) is 5.75 Å². The van der Waals surface area contributed by atoms with Gasteiger partial charge < -0.3 is 14.6 Å². The molecule has 0 radical (unpaired) electrons. The SMILES string of the molecule is CCCC(=O)Oc1ccc([C@@H]2O[C@H]2CO)cc1. The van der Waals surface area contributed by atoms with Crippen molar-refractivity contribution < 1.29 is 19.4 Å². The Balaban J connectivity index is 1.92. The van der Waals surface area contributed by atoms with Gasteiger partial charge >= 0.3 is 5.97 Å². The van der Waals surface area contributed by atoms with Gasteiger partial charge in [-0.1, -0.05) is 19.1 Å². The lowest BCUT2D eigenvalue weighted by Crippen LogP contribution is -2.06. The minimum absolute atomic E-state index is 0.0135. The van der Waals surface area contributed by atoms with Gasteiger partial charge in [-0.3, -0.25) is 4.79 Å². The predicted molar refractivity (Wildman–Crippen MR) is 61.7 cm³/mol. The van der Waals surface area contributed by atoms with Gasteiger partial charge in [-0.2, -0.15) is 0 Å². The number of rotatable bonds is 5. The standard InChI is InChI=1S/C13H16O4/c1-2-3-12(15)16-10-6-4-9(5-7-10)13-11(8-14)17-13/h4-7,11,13-14H,2-3,8H2,1H3/t11-,13-/m0/s1. The van der Waals surface area contributed by atoms with E-state index in [2.05, 4.69) is 0 Å². The van der Waals surface area contributed by atoms with Crippen LogP contribution in [-0.2, 0) is 9.53 Å². The minimum Gasteiger partial charge on any atom is -0.427 e. The van der Waals surface area contributed by atoms with E-state index in [1.807, 2.05) is 19.1 Å². The fourth-order valence-corrected chi connectivity index (χ4v) is 1.69. The van der Waals surface area contributed by atoms with Crippen LogP contribution in [0.1, 0.15) is 31.4 Å². The maximum Gasteiger partial charge on any atom is 0.311 e. The molecule has 0 unspecified atom stereocenters. The molecule has 1 heterocycles. The number of ether oxygens (including phenoxy) is 2. The molecule has 1 aromatic rings. The van der Waals surface area contributed by atoms with Crippen molar-refractivity contribution in [3.8, 4) is 5.75 Å². The van der Waals surface area contributed by atoms with E-state index in [1.165, 1.54) is 0 Å². The number of esters is 1. The first kappa shape index (κ1) is 12.1. The Bertz CT molecular complexity index is 385. The first-order valence-corrected chi connectivity index (χ1v) is 5.81. The summed E-state index contributed by atoms with van der Waals surface area (Å²) in [4.78, 5) is 11.3. The normalized spacial score (nSPS) is 22.2. The summed E-state index contributed by atoms with van der Waals surface area (Å²) in [5.41, 5.74) is 0.999. The van der Waals surface area contributed by atoms with Crippen LogP contribution >= 0.6 is 0 Å². The van der Waals surface area contributed by atoms with Crippen LogP contribution in [-0.4, -0.2) is 23.8 Å². The number of carbonyl (C=O) groups excluding carboxylic acids is 1. The van der Waals surface area contributed by atoms with Crippen molar-refractivity contribution >= 4 is 5.97 Å². The van der Waals surface area contributed by atoms with Crippen LogP contribution in [0.4, 0.5) is 0 Å². The minimum atomic E-state index is -0.212. The molecule has 0 aromatic heterocycles. The maximum atomic E-state index is 11.3. The zero-order valence-corrected chi connectivity index (χ0v) is 9.76. The second-order valence-electron chi connectivity index (χ2n) is 4.07. The summed E-state index contributed by atoms with van der Waals surface area (Å²) in [5, 5.41) is 8.88. The van der Waals surface area contributed by atoms with E-state index in [4.69, 9.17) is 14.6 Å². The topological polar surface area (TPSA) is 59.1 Å². The third-order valence-electron chi connectivity index (χ3n) is 2.66. The van der Waals surface area contributed by atoms with Gasteiger partial charge in [-0.15, -0.1) is 0 Å². The Kier molecular flexibility index (Phi) is 3.76. The number of hydrogen-bond donors (Lipinski definition) is 1. The van der Waals surface area contributed by atoms with Gasteiger partial charge in [0, 0.05) is 6.42 Å². The van der Waals surface area contributed by atoms with E-state index < -0.39 is 0 Å². The molecule has 0 spiro atoms. The molecule has 1 saturated heterocycles. The van der Waals surface area contributed by atoms with E-state index >= 15 is 0 Å². The van der Waals surface area contributed by atoms with Gasteiger partial charge in [-0.05, 0) is 24.1 Å². The summed E-state index contributed by atoms with van der Waals surface area (Å²) in [6, 6.07) is 7.21. The Morgan fingerprint density at radius 2 is 2.12 bits per heavy atom. The zero-order chi connectivity index (χ0) is 12.3. The molecule has 0 saturated carbocycles. The molecule has 0 amide bonds. The average molecular weight is 236 g/mol. The highest BCUT2D eigenvalue weighted by Crippen LogP contribution is 2.38. The number of hydrogen-bond acceptors (Lipinski definition) is 4. The van der Waals surface area contributed by atoms with Crippen LogP contribution in [0.3, 0.4) is 0 Å². The molecule has 1 aliphatic rings. The highest BCUT2D eigenvalue weighted by molar-refractivity contribution is 5.72. The van der Waals surface area contributed by atoms with Gasteiger partial charge in [0.05, 0.1) is 6.61 Å². The third-order valence-corrected chi connectivity index (χ3v) is 2.66. The number of aliphatic hydroxyl groups is 1. The van der Waals surface area contributed by atoms with E-state index in [1.54, 1.807) is 12.1 Å². The molecule has 2 rings (SSSR count). The van der Waals surface area contributed by atoms with Crippen molar-refractivity contribution in [1.82, 2.24) is 0 Å². The lowest BCUT2D eigenvalue weighted by atomic mass is 10.1. The van der Waals surface area contributed by atoms with Crippen molar-refractivity contribution in [2.24, 2.45) is 0 Å². The molecular weight excluding hydrogens is 220 g/mol. The monoisotopic (exact) mass is 236 g/mol. The number of aliphatic hydroxyl groups excluding tert-OH is 1. The van der Waals surface area contributed by atoms with Crippen LogP contribution in [0, 0.1) is 0 Å². The highest BCUT2D eigenvalue weighted by Gasteiger charge is 2.39. The van der Waals surface area contributed by atoms with Crippen molar-refractivity contribution in [2.75, 3.05) is 6.61 Å². The smallest absolute Gasteiger partial charge is 0.311 e. The van der Waals surface area contributed by atoms with Crippen molar-refractivity contribution in [1.29, 1.82) is 0 Å². The van der Waals surface area contributed by atoms with Crippen molar-refractivity contribution in [3.63, 3.8) is 0 Å². The van der Waals surface area contributed by atoms with E-state index in [9.17, 15) is 4.79 Å². The summed E-state index contributed by atoms with van der Waals surface area (Å²) in [5.74, 6) is 0.338. The fourth-order valence-electron chi connectivity index (χ4n) is 1.69. The van der Waals surface area contributed by atoms with E-state index in [-0.39, 0.29) is 24.8 Å². The second kappa shape index (κ2) is 5.29. The predicted octanol–water partition coefficient (Wildman–Crippen LogP) is 1.82. The van der Waals surface area contributed by atoms with Crippen LogP contribution in [0.25, 0.3) is 0 Å². The van der Waals surface area contributed by atoms with Crippen molar-refractivity contribution in [3.05, 3.63) is 29.8 Å². The molecular formula is C13H16O4. The molecule has 4 nitrogen and oxygen atoms in total. The Morgan fingerprint density at radius 1 is 1.41 bits per heavy atom. The van der Waals surface area contributed by atoms with Gasteiger partial charge in [0.25, 0.3) is 0 Å². The molecule has 4 heteroatoms. The molecule has 0 aliphatic carbocycles. The Morgan fingerprint density at radius 3 is 2.65 bits per heavy atom. The second-order valence-corrected chi connectivity index (χ2v) is 4.07. The van der Waals surface area contributed by atoms with Gasteiger partial charge in [0.2, 0.25) is 0 Å². The summed E-state index contributed by atoms with van der Waals surface area (Å²) >= 11 is 0. The summed E-state index contributed by atoms with van der Waals surface area (Å²) in [7, 11) is 0. The molecule has 1 fully saturated rings. The third kappa shape index (κ3) is 3.05. The molecule has 2 atom stereocenters. The maximum absolute atomic E-state index is 11.3. The van der Waals surface area contributed by atoms with Crippen LogP contribution in [0.15, 0.2) is 24.3 Å². The van der Waals surface area contributed by atoms with Crippen molar-refractivity contribution in [2.45, 2.75) is 32.0 Å². The molecule has 92 valence electrons. The number of epoxide rings is 1. The summed E-state index contributed by atoms with van der Waals surface area (Å²) in [6.45, 7) is 1.97. The molecule has 17 heavy (non-hydrogen) atoms. The van der Waals surface area contributed by atoms with Gasteiger partial charge in [0.1, 0.15) is 18.0 Å². The number of benzene rings is 1. The summed E-state index contributed by atoms with van der Waals surface area (Å²) in [6.07, 6.45) is 1.12. The average Bonchev–Trinajstić information content (AvgIpc) is 3.09. The highest BCUT2D eigenvalue weighted by atomic mass is 16.6. The molecule has 1 N–H and O–H groups in total. The molecule has 0 bridgehead atoms. The quantitative estimate of drug-likeness (QED) is 0.481. The lowest BCUT2D eigenvalue weighted by molar-refractivity contribution is -0.134.